The van der Waals surface area contributed by atoms with Gasteiger partial charge in [-0.2, -0.15) is 0 Å². The fraction of sp³-hybridized carbons (Fsp3) is 0.333. The van der Waals surface area contributed by atoms with Crippen molar-refractivity contribution in [1.82, 2.24) is 20.3 Å². The highest BCUT2D eigenvalue weighted by atomic mass is 16.5. The van der Waals surface area contributed by atoms with Crippen molar-refractivity contribution >= 4 is 22.9 Å². The molecule has 0 aliphatic heterocycles. The average Bonchev–Trinajstić information content (AvgIpc) is 3.14. The predicted octanol–water partition coefficient (Wildman–Crippen LogP) is 3.05. The van der Waals surface area contributed by atoms with Crippen LogP contribution in [0.2, 0.25) is 0 Å². The number of esters is 1. The number of carbonyl (C=O) groups excluding carboxylic acids is 2. The summed E-state index contributed by atoms with van der Waals surface area (Å²) in [5.74, 6) is -0.915. The van der Waals surface area contributed by atoms with Gasteiger partial charge in [-0.1, -0.05) is 36.4 Å². The fourth-order valence-corrected chi connectivity index (χ4v) is 2.96. The van der Waals surface area contributed by atoms with Crippen molar-refractivity contribution in [2.45, 2.75) is 39.8 Å². The van der Waals surface area contributed by atoms with Crippen molar-refractivity contribution in [3.05, 3.63) is 59.2 Å². The van der Waals surface area contributed by atoms with E-state index in [9.17, 15) is 9.59 Å². The zero-order valence-electron chi connectivity index (χ0n) is 16.3. The van der Waals surface area contributed by atoms with Gasteiger partial charge in [0, 0.05) is 6.54 Å². The van der Waals surface area contributed by atoms with Crippen LogP contribution in [-0.2, 0) is 22.5 Å². The van der Waals surface area contributed by atoms with Crippen molar-refractivity contribution in [1.29, 1.82) is 0 Å². The lowest BCUT2D eigenvalue weighted by atomic mass is 10.1. The summed E-state index contributed by atoms with van der Waals surface area (Å²) >= 11 is 0. The zero-order valence-corrected chi connectivity index (χ0v) is 16.3. The third-order valence-electron chi connectivity index (χ3n) is 4.65. The number of ether oxygens (including phenoxy) is 1. The number of hydrogen-bond acceptors (Lipinski definition) is 5. The lowest BCUT2D eigenvalue weighted by Crippen LogP contribution is -2.31. The zero-order chi connectivity index (χ0) is 20.1. The Morgan fingerprint density at radius 1 is 1.14 bits per heavy atom. The van der Waals surface area contributed by atoms with Gasteiger partial charge in [-0.05, 0) is 49.6 Å². The van der Waals surface area contributed by atoms with Crippen LogP contribution in [0.5, 0.6) is 0 Å². The van der Waals surface area contributed by atoms with E-state index < -0.39 is 5.97 Å². The second-order valence-electron chi connectivity index (χ2n) is 6.57. The summed E-state index contributed by atoms with van der Waals surface area (Å²) in [7, 11) is 0. The topological polar surface area (TPSA) is 86.1 Å². The van der Waals surface area contributed by atoms with Crippen LogP contribution in [0, 0.1) is 0 Å². The molecule has 0 unspecified atom stereocenters. The van der Waals surface area contributed by atoms with E-state index in [1.807, 2.05) is 38.1 Å². The second-order valence-corrected chi connectivity index (χ2v) is 6.57. The Morgan fingerprint density at radius 2 is 1.89 bits per heavy atom. The third-order valence-corrected chi connectivity index (χ3v) is 4.65. The summed E-state index contributed by atoms with van der Waals surface area (Å²) in [5, 5.41) is 10.9. The van der Waals surface area contributed by atoms with Crippen LogP contribution in [0.3, 0.4) is 0 Å². The molecule has 3 rings (SSSR count). The minimum Gasteiger partial charge on any atom is -0.452 e. The number of fused-ring (bicyclic) bond motifs is 1. The molecule has 2 aromatic carbocycles. The second kappa shape index (κ2) is 8.65. The van der Waals surface area contributed by atoms with Crippen molar-refractivity contribution < 1.29 is 14.3 Å². The molecule has 1 aromatic heterocycles. The lowest BCUT2D eigenvalue weighted by Gasteiger charge is -2.15. The number of rotatable bonds is 7. The molecule has 28 heavy (non-hydrogen) atoms. The highest BCUT2D eigenvalue weighted by Gasteiger charge is 2.14. The molecule has 0 fully saturated rings. The van der Waals surface area contributed by atoms with Gasteiger partial charge in [0.25, 0.3) is 5.91 Å². The largest absolute Gasteiger partial charge is 0.452 e. The Labute approximate surface area is 163 Å². The molecule has 146 valence electrons. The quantitative estimate of drug-likeness (QED) is 0.637. The van der Waals surface area contributed by atoms with Crippen LogP contribution in [0.15, 0.2) is 42.5 Å². The molecule has 1 amide bonds. The number of aryl methyl sites for hydroxylation is 2. The van der Waals surface area contributed by atoms with Gasteiger partial charge in [0.1, 0.15) is 5.52 Å². The number of benzene rings is 2. The highest BCUT2D eigenvalue weighted by Crippen LogP contribution is 2.15. The number of carbonyl (C=O) groups is 2. The normalized spacial score (nSPS) is 12.0. The van der Waals surface area contributed by atoms with Crippen molar-refractivity contribution in [3.8, 4) is 0 Å². The Kier molecular flexibility index (Phi) is 6.03. The summed E-state index contributed by atoms with van der Waals surface area (Å²) in [5.41, 5.74) is 4.05. The molecule has 1 heterocycles. The van der Waals surface area contributed by atoms with E-state index in [1.54, 1.807) is 22.9 Å². The number of aromatic nitrogens is 3. The number of nitrogens with one attached hydrogen (secondary N) is 1. The van der Waals surface area contributed by atoms with Gasteiger partial charge in [-0.25, -0.2) is 9.48 Å². The van der Waals surface area contributed by atoms with Crippen LogP contribution < -0.4 is 5.32 Å². The van der Waals surface area contributed by atoms with Crippen LogP contribution >= 0.6 is 0 Å². The number of amides is 1. The van der Waals surface area contributed by atoms with Crippen molar-refractivity contribution in [2.75, 3.05) is 6.61 Å². The number of nitrogens with zero attached hydrogens (tertiary/aromatic N) is 3. The van der Waals surface area contributed by atoms with Gasteiger partial charge in [-0.15, -0.1) is 5.10 Å². The SMILES string of the molecule is CCc1ccc([C@@H](C)NC(=O)COC(=O)c2ccc3c(c2)nnn3CC)cc1. The van der Waals surface area contributed by atoms with Crippen LogP contribution in [-0.4, -0.2) is 33.5 Å². The Morgan fingerprint density at radius 3 is 2.57 bits per heavy atom. The summed E-state index contributed by atoms with van der Waals surface area (Å²) in [6, 6.07) is 13.0. The van der Waals surface area contributed by atoms with Gasteiger partial charge in [0.2, 0.25) is 0 Å². The van der Waals surface area contributed by atoms with E-state index in [2.05, 4.69) is 22.6 Å². The van der Waals surface area contributed by atoms with Gasteiger partial charge < -0.3 is 10.1 Å². The standard InChI is InChI=1S/C21H24N4O3/c1-4-15-6-8-16(9-7-15)14(3)22-20(26)13-28-21(27)17-10-11-19-18(12-17)23-24-25(19)5-2/h6-12,14H,4-5,13H2,1-3H3,(H,22,26)/t14-/m1/s1. The maximum atomic E-state index is 12.2. The summed E-state index contributed by atoms with van der Waals surface area (Å²) < 4.78 is 6.88. The molecular weight excluding hydrogens is 356 g/mol. The van der Waals surface area contributed by atoms with Gasteiger partial charge in [0.15, 0.2) is 6.61 Å². The molecule has 0 saturated heterocycles. The lowest BCUT2D eigenvalue weighted by molar-refractivity contribution is -0.124. The van der Waals surface area contributed by atoms with Gasteiger partial charge in [0.05, 0.1) is 17.1 Å². The molecule has 1 N–H and O–H groups in total. The monoisotopic (exact) mass is 380 g/mol. The van der Waals surface area contributed by atoms with Crippen LogP contribution in [0.4, 0.5) is 0 Å². The fourth-order valence-electron chi connectivity index (χ4n) is 2.96. The van der Waals surface area contributed by atoms with Gasteiger partial charge >= 0.3 is 5.97 Å². The highest BCUT2D eigenvalue weighted by molar-refractivity contribution is 5.94. The first-order valence-corrected chi connectivity index (χ1v) is 9.40. The smallest absolute Gasteiger partial charge is 0.338 e. The summed E-state index contributed by atoms with van der Waals surface area (Å²) in [6.07, 6.45) is 0.970. The maximum Gasteiger partial charge on any atom is 0.338 e. The maximum absolute atomic E-state index is 12.2. The molecule has 7 nitrogen and oxygen atoms in total. The first-order valence-electron chi connectivity index (χ1n) is 9.40. The molecule has 0 saturated carbocycles. The summed E-state index contributed by atoms with van der Waals surface area (Å²) in [6.45, 7) is 6.31. The van der Waals surface area contributed by atoms with E-state index in [4.69, 9.17) is 4.74 Å². The molecule has 0 bridgehead atoms. The molecule has 3 aromatic rings. The number of hydrogen-bond donors (Lipinski definition) is 1. The van der Waals surface area contributed by atoms with Crippen molar-refractivity contribution in [3.63, 3.8) is 0 Å². The third kappa shape index (κ3) is 4.36. The summed E-state index contributed by atoms with van der Waals surface area (Å²) in [4.78, 5) is 24.4. The molecule has 0 radical (unpaired) electrons. The molecule has 0 aliphatic carbocycles. The molecule has 1 atom stereocenters. The van der Waals surface area contributed by atoms with E-state index in [0.29, 0.717) is 17.6 Å². The van der Waals surface area contributed by atoms with E-state index in [1.165, 1.54) is 5.56 Å². The Balaban J connectivity index is 1.55. The molecule has 7 heteroatoms. The average molecular weight is 380 g/mol. The van der Waals surface area contributed by atoms with Crippen LogP contribution in [0.1, 0.15) is 48.3 Å². The van der Waals surface area contributed by atoms with E-state index >= 15 is 0 Å². The van der Waals surface area contributed by atoms with Crippen molar-refractivity contribution in [2.24, 2.45) is 0 Å². The van der Waals surface area contributed by atoms with E-state index in [0.717, 1.165) is 17.5 Å². The minimum absolute atomic E-state index is 0.169. The van der Waals surface area contributed by atoms with E-state index in [-0.39, 0.29) is 18.6 Å². The molecule has 0 aliphatic rings. The first kappa shape index (κ1) is 19.5. The van der Waals surface area contributed by atoms with Crippen LogP contribution in [0.25, 0.3) is 11.0 Å². The molecule has 0 spiro atoms. The first-order chi connectivity index (χ1) is 13.5. The minimum atomic E-state index is -0.567. The molecular formula is C21H24N4O3. The predicted molar refractivity (Wildman–Crippen MR) is 106 cm³/mol. The Bertz CT molecular complexity index is 979. The Hall–Kier alpha value is -3.22. The van der Waals surface area contributed by atoms with Gasteiger partial charge in [-0.3, -0.25) is 4.79 Å².